The predicted molar refractivity (Wildman–Crippen MR) is 69.8 cm³/mol. The first-order valence-electron chi connectivity index (χ1n) is 6.05. The van der Waals surface area contributed by atoms with Gasteiger partial charge in [0, 0.05) is 18.3 Å². The lowest BCUT2D eigenvalue weighted by Crippen LogP contribution is -2.39. The highest BCUT2D eigenvalue weighted by molar-refractivity contribution is 5.99. The van der Waals surface area contributed by atoms with Crippen LogP contribution in [0.25, 0.3) is 0 Å². The van der Waals surface area contributed by atoms with Crippen LogP contribution in [0.3, 0.4) is 0 Å². The second-order valence-corrected chi connectivity index (χ2v) is 4.38. The average molecular weight is 305 g/mol. The summed E-state index contributed by atoms with van der Waals surface area (Å²) >= 11 is 0. The number of nitro groups is 1. The van der Waals surface area contributed by atoms with E-state index < -0.39 is 34.8 Å². The van der Waals surface area contributed by atoms with E-state index in [0.717, 1.165) is 12.1 Å². The van der Waals surface area contributed by atoms with Gasteiger partial charge in [0.05, 0.1) is 4.92 Å². The van der Waals surface area contributed by atoms with Crippen molar-refractivity contribution in [3.8, 4) is 0 Å². The maximum Gasteiger partial charge on any atom is 0.406 e. The molecule has 0 bridgehead atoms. The molecule has 1 aromatic rings. The number of rotatable bonds is 5. The van der Waals surface area contributed by atoms with Gasteiger partial charge >= 0.3 is 6.18 Å². The van der Waals surface area contributed by atoms with Crippen LogP contribution in [-0.4, -0.2) is 35.0 Å². The number of amides is 1. The molecule has 0 radical (unpaired) electrons. The van der Waals surface area contributed by atoms with Gasteiger partial charge in [0.1, 0.15) is 12.1 Å². The predicted octanol–water partition coefficient (Wildman–Crippen LogP) is 2.59. The zero-order valence-corrected chi connectivity index (χ0v) is 11.2. The third-order valence-corrected chi connectivity index (χ3v) is 2.60. The van der Waals surface area contributed by atoms with E-state index in [1.807, 2.05) is 0 Å². The number of nitro benzene ring substituents is 1. The van der Waals surface area contributed by atoms with Gasteiger partial charge in [-0.3, -0.25) is 14.9 Å². The van der Waals surface area contributed by atoms with Crippen molar-refractivity contribution >= 4 is 17.3 Å². The number of anilines is 1. The van der Waals surface area contributed by atoms with Crippen LogP contribution in [0.5, 0.6) is 0 Å². The summed E-state index contributed by atoms with van der Waals surface area (Å²) in [5.41, 5.74) is 4.50. The summed E-state index contributed by atoms with van der Waals surface area (Å²) in [6.45, 7) is -0.0274. The molecule has 0 atom stereocenters. The molecule has 0 fully saturated rings. The van der Waals surface area contributed by atoms with Gasteiger partial charge in [-0.15, -0.1) is 0 Å². The topological polar surface area (TPSA) is 89.5 Å². The Hall–Kier alpha value is -2.32. The molecule has 21 heavy (non-hydrogen) atoms. The Balaban J connectivity index is 3.19. The second kappa shape index (κ2) is 6.42. The third-order valence-electron chi connectivity index (χ3n) is 2.60. The van der Waals surface area contributed by atoms with Crippen molar-refractivity contribution in [2.24, 2.45) is 0 Å². The van der Waals surface area contributed by atoms with Crippen molar-refractivity contribution in [1.29, 1.82) is 0 Å². The summed E-state index contributed by atoms with van der Waals surface area (Å²) in [5, 5.41) is 10.9. The SMILES string of the molecule is CCCN(CC(F)(F)F)C(=O)c1cc(N)ccc1[N+](=O)[O-]. The molecular weight excluding hydrogens is 291 g/mol. The van der Waals surface area contributed by atoms with Gasteiger partial charge in [-0.2, -0.15) is 13.2 Å². The molecule has 0 aliphatic carbocycles. The molecule has 0 heterocycles. The van der Waals surface area contributed by atoms with Crippen LogP contribution in [0, 0.1) is 10.1 Å². The molecule has 1 rings (SSSR count). The lowest BCUT2D eigenvalue weighted by atomic mass is 10.1. The average Bonchev–Trinajstić information content (AvgIpc) is 2.35. The minimum atomic E-state index is -4.58. The molecule has 0 spiro atoms. The fraction of sp³-hybridized carbons (Fsp3) is 0.417. The summed E-state index contributed by atoms with van der Waals surface area (Å²) in [5.74, 6) is -1.06. The zero-order chi connectivity index (χ0) is 16.2. The summed E-state index contributed by atoms with van der Waals surface area (Å²) in [4.78, 5) is 22.7. The molecule has 0 saturated carbocycles. The first kappa shape index (κ1) is 16.7. The van der Waals surface area contributed by atoms with E-state index >= 15 is 0 Å². The van der Waals surface area contributed by atoms with Crippen molar-refractivity contribution in [3.63, 3.8) is 0 Å². The first-order chi connectivity index (χ1) is 9.65. The van der Waals surface area contributed by atoms with E-state index in [1.54, 1.807) is 6.92 Å². The van der Waals surface area contributed by atoms with Crippen molar-refractivity contribution in [3.05, 3.63) is 33.9 Å². The van der Waals surface area contributed by atoms with Crippen molar-refractivity contribution < 1.29 is 22.9 Å². The fourth-order valence-electron chi connectivity index (χ4n) is 1.79. The number of benzene rings is 1. The molecular formula is C12H14F3N3O3. The Morgan fingerprint density at radius 2 is 2.05 bits per heavy atom. The standard InChI is InChI=1S/C12H14F3N3O3/c1-2-5-17(7-12(13,14)15)11(19)9-6-8(16)3-4-10(9)18(20)21/h3-4,6H,2,5,7,16H2,1H3. The Bertz CT molecular complexity index is 546. The van der Waals surface area contributed by atoms with E-state index in [9.17, 15) is 28.1 Å². The van der Waals surface area contributed by atoms with Gasteiger partial charge in [0.25, 0.3) is 11.6 Å². The Morgan fingerprint density at radius 3 is 2.52 bits per heavy atom. The lowest BCUT2D eigenvalue weighted by molar-refractivity contribution is -0.385. The van der Waals surface area contributed by atoms with E-state index in [1.165, 1.54) is 6.07 Å². The monoisotopic (exact) mass is 305 g/mol. The van der Waals surface area contributed by atoms with E-state index in [0.29, 0.717) is 4.90 Å². The van der Waals surface area contributed by atoms with Crippen LogP contribution in [0.1, 0.15) is 23.7 Å². The molecule has 116 valence electrons. The molecule has 2 N–H and O–H groups in total. The molecule has 0 aliphatic rings. The van der Waals surface area contributed by atoms with Crippen LogP contribution in [0.2, 0.25) is 0 Å². The number of halogens is 3. The molecule has 0 aromatic heterocycles. The number of hydrogen-bond donors (Lipinski definition) is 1. The number of carbonyl (C=O) groups excluding carboxylic acids is 1. The highest BCUT2D eigenvalue weighted by Gasteiger charge is 2.34. The summed E-state index contributed by atoms with van der Waals surface area (Å²) in [6.07, 6.45) is -4.29. The number of hydrogen-bond acceptors (Lipinski definition) is 4. The van der Waals surface area contributed by atoms with Crippen LogP contribution in [0.4, 0.5) is 24.5 Å². The number of alkyl halides is 3. The number of carbonyl (C=O) groups is 1. The largest absolute Gasteiger partial charge is 0.406 e. The fourth-order valence-corrected chi connectivity index (χ4v) is 1.79. The minimum absolute atomic E-state index is 0.0624. The highest BCUT2D eigenvalue weighted by atomic mass is 19.4. The van der Waals surface area contributed by atoms with Crippen LogP contribution in [0.15, 0.2) is 18.2 Å². The normalized spacial score (nSPS) is 11.2. The second-order valence-electron chi connectivity index (χ2n) is 4.38. The quantitative estimate of drug-likeness (QED) is 0.514. The molecule has 0 saturated heterocycles. The third kappa shape index (κ3) is 4.62. The molecule has 1 amide bonds. The van der Waals surface area contributed by atoms with Crippen LogP contribution < -0.4 is 5.73 Å². The van der Waals surface area contributed by atoms with Gasteiger partial charge in [0.15, 0.2) is 0 Å². The summed E-state index contributed by atoms with van der Waals surface area (Å²) in [7, 11) is 0. The number of nitrogens with two attached hydrogens (primary N) is 1. The molecule has 1 aromatic carbocycles. The van der Waals surface area contributed by atoms with Crippen molar-refractivity contribution in [1.82, 2.24) is 4.90 Å². The summed E-state index contributed by atoms with van der Waals surface area (Å²) < 4.78 is 37.5. The number of nitrogens with zero attached hydrogens (tertiary/aromatic N) is 2. The molecule has 9 heteroatoms. The maximum atomic E-state index is 12.5. The maximum absolute atomic E-state index is 12.5. The van der Waals surface area contributed by atoms with Gasteiger partial charge in [0.2, 0.25) is 0 Å². The molecule has 0 unspecified atom stereocenters. The van der Waals surface area contributed by atoms with Gasteiger partial charge in [-0.05, 0) is 18.6 Å². The zero-order valence-electron chi connectivity index (χ0n) is 11.2. The highest BCUT2D eigenvalue weighted by Crippen LogP contribution is 2.25. The smallest absolute Gasteiger partial charge is 0.399 e. The van der Waals surface area contributed by atoms with E-state index in [4.69, 9.17) is 5.73 Å². The summed E-state index contributed by atoms with van der Waals surface area (Å²) in [6, 6.07) is 3.22. The van der Waals surface area contributed by atoms with Crippen LogP contribution in [-0.2, 0) is 0 Å². The molecule has 0 aliphatic heterocycles. The van der Waals surface area contributed by atoms with Crippen LogP contribution >= 0.6 is 0 Å². The molecule has 6 nitrogen and oxygen atoms in total. The van der Waals surface area contributed by atoms with Gasteiger partial charge in [-0.25, -0.2) is 0 Å². The van der Waals surface area contributed by atoms with E-state index in [2.05, 4.69) is 0 Å². The van der Waals surface area contributed by atoms with Crippen molar-refractivity contribution in [2.75, 3.05) is 18.8 Å². The Morgan fingerprint density at radius 1 is 1.43 bits per heavy atom. The Kier molecular flexibility index (Phi) is 5.12. The van der Waals surface area contributed by atoms with Gasteiger partial charge < -0.3 is 10.6 Å². The lowest BCUT2D eigenvalue weighted by Gasteiger charge is -2.23. The number of nitrogen functional groups attached to an aromatic ring is 1. The van der Waals surface area contributed by atoms with E-state index in [-0.39, 0.29) is 18.7 Å². The van der Waals surface area contributed by atoms with Crippen molar-refractivity contribution in [2.45, 2.75) is 19.5 Å². The minimum Gasteiger partial charge on any atom is -0.399 e. The first-order valence-corrected chi connectivity index (χ1v) is 6.05. The van der Waals surface area contributed by atoms with Gasteiger partial charge in [-0.1, -0.05) is 6.92 Å². The Labute approximate surface area is 118 Å².